The van der Waals surface area contributed by atoms with Gasteiger partial charge in [-0.1, -0.05) is 49.6 Å². The maximum Gasteiger partial charge on any atom is 0.159 e. The van der Waals surface area contributed by atoms with E-state index in [1.54, 1.807) is 0 Å². The molecule has 1 saturated carbocycles. The Kier molecular flexibility index (Phi) is 3.41. The van der Waals surface area contributed by atoms with E-state index in [-0.39, 0.29) is 0 Å². The van der Waals surface area contributed by atoms with E-state index in [1.165, 1.54) is 43.2 Å². The smallest absolute Gasteiger partial charge is 0.159 e. The highest BCUT2D eigenvalue weighted by atomic mass is 15.3. The van der Waals surface area contributed by atoms with Gasteiger partial charge in [-0.15, -0.1) is 0 Å². The van der Waals surface area contributed by atoms with Gasteiger partial charge in [-0.3, -0.25) is 0 Å². The number of hydrogen-bond acceptors (Lipinski definition) is 2. The lowest BCUT2D eigenvalue weighted by molar-refractivity contribution is 0.445. The molecule has 0 bridgehead atoms. The predicted molar refractivity (Wildman–Crippen MR) is 89.0 cm³/mol. The van der Waals surface area contributed by atoms with Gasteiger partial charge in [0.1, 0.15) is 0 Å². The van der Waals surface area contributed by atoms with E-state index < -0.39 is 0 Å². The molecule has 3 nitrogen and oxygen atoms in total. The van der Waals surface area contributed by atoms with Gasteiger partial charge in [0, 0.05) is 16.8 Å². The van der Waals surface area contributed by atoms with Crippen molar-refractivity contribution in [3.8, 4) is 11.3 Å². The van der Waals surface area contributed by atoms with Gasteiger partial charge in [-0.05, 0) is 31.7 Å². The molecule has 1 aromatic carbocycles. The van der Waals surface area contributed by atoms with E-state index in [0.717, 1.165) is 17.0 Å². The van der Waals surface area contributed by atoms with Crippen LogP contribution in [0.2, 0.25) is 0 Å². The Morgan fingerprint density at radius 2 is 1.82 bits per heavy atom. The lowest BCUT2D eigenvalue weighted by atomic mass is 9.85. The van der Waals surface area contributed by atoms with Crippen LogP contribution >= 0.6 is 0 Å². The number of aryl methyl sites for hydroxylation is 1. The quantitative estimate of drug-likeness (QED) is 0.682. The summed E-state index contributed by atoms with van der Waals surface area (Å²) in [5.41, 5.74) is 5.74. The first-order valence-electron chi connectivity index (χ1n) is 8.23. The highest BCUT2D eigenvalue weighted by Gasteiger charge is 2.21. The Bertz CT molecular complexity index is 783. The Labute approximate surface area is 131 Å². The predicted octanol–water partition coefficient (Wildman–Crippen LogP) is 4.75. The van der Waals surface area contributed by atoms with Crippen molar-refractivity contribution >= 4 is 5.65 Å². The van der Waals surface area contributed by atoms with E-state index in [1.807, 2.05) is 16.8 Å². The molecule has 4 rings (SSSR count). The van der Waals surface area contributed by atoms with E-state index in [4.69, 9.17) is 4.98 Å². The molecule has 0 N–H and O–H groups in total. The monoisotopic (exact) mass is 291 g/mol. The zero-order valence-corrected chi connectivity index (χ0v) is 13.0. The van der Waals surface area contributed by atoms with Crippen molar-refractivity contribution in [3.05, 3.63) is 53.9 Å². The minimum atomic E-state index is 0.629. The minimum Gasteiger partial charge on any atom is -0.228 e. The van der Waals surface area contributed by atoms with Gasteiger partial charge in [0.05, 0.1) is 11.9 Å². The summed E-state index contributed by atoms with van der Waals surface area (Å²) in [6, 6.07) is 12.5. The van der Waals surface area contributed by atoms with Crippen LogP contribution in [0.15, 0.2) is 42.6 Å². The van der Waals surface area contributed by atoms with Crippen LogP contribution in [-0.4, -0.2) is 14.6 Å². The summed E-state index contributed by atoms with van der Waals surface area (Å²) in [5, 5.41) is 4.58. The summed E-state index contributed by atoms with van der Waals surface area (Å²) in [6.07, 6.45) is 8.63. The Balaban J connectivity index is 1.84. The highest BCUT2D eigenvalue weighted by molar-refractivity contribution is 5.64. The van der Waals surface area contributed by atoms with Gasteiger partial charge in [-0.2, -0.15) is 5.10 Å². The van der Waals surface area contributed by atoms with Crippen LogP contribution in [0, 0.1) is 6.92 Å². The molecule has 2 aromatic heterocycles. The molecular weight excluding hydrogens is 270 g/mol. The van der Waals surface area contributed by atoms with E-state index in [2.05, 4.69) is 42.4 Å². The number of rotatable bonds is 2. The molecule has 1 fully saturated rings. The van der Waals surface area contributed by atoms with Crippen LogP contribution < -0.4 is 0 Å². The molecule has 0 saturated heterocycles. The summed E-state index contributed by atoms with van der Waals surface area (Å²) in [5.74, 6) is 0.629. The lowest BCUT2D eigenvalue weighted by Crippen LogP contribution is -2.05. The van der Waals surface area contributed by atoms with Gasteiger partial charge in [0.25, 0.3) is 0 Å². The van der Waals surface area contributed by atoms with Crippen LogP contribution in [0.1, 0.15) is 49.3 Å². The van der Waals surface area contributed by atoms with Crippen molar-refractivity contribution in [3.63, 3.8) is 0 Å². The molecule has 112 valence electrons. The van der Waals surface area contributed by atoms with Gasteiger partial charge in [-0.25, -0.2) is 9.50 Å². The Morgan fingerprint density at radius 1 is 1.05 bits per heavy atom. The number of nitrogens with zero attached hydrogens (tertiary/aromatic N) is 3. The summed E-state index contributed by atoms with van der Waals surface area (Å²) >= 11 is 0. The summed E-state index contributed by atoms with van der Waals surface area (Å²) in [6.45, 7) is 2.11. The van der Waals surface area contributed by atoms with Gasteiger partial charge in [0.15, 0.2) is 5.65 Å². The Morgan fingerprint density at radius 3 is 2.59 bits per heavy atom. The highest BCUT2D eigenvalue weighted by Crippen LogP contribution is 2.35. The van der Waals surface area contributed by atoms with E-state index in [9.17, 15) is 0 Å². The zero-order chi connectivity index (χ0) is 14.9. The van der Waals surface area contributed by atoms with Crippen molar-refractivity contribution in [1.29, 1.82) is 0 Å². The van der Waals surface area contributed by atoms with Crippen LogP contribution in [0.25, 0.3) is 16.9 Å². The standard InChI is InChI=1S/C19H21N3/c1-14-12-18(16-10-6-3-7-11-16)21-19-17(13-20-22(14)19)15-8-4-2-5-9-15/h3,6-7,10-13,15H,2,4-5,8-9H2,1H3. The van der Waals surface area contributed by atoms with Crippen molar-refractivity contribution in [1.82, 2.24) is 14.6 Å². The topological polar surface area (TPSA) is 30.2 Å². The first kappa shape index (κ1) is 13.5. The third-order valence-corrected chi connectivity index (χ3v) is 4.79. The first-order chi connectivity index (χ1) is 10.8. The second-order valence-electron chi connectivity index (χ2n) is 6.32. The molecule has 0 unspecified atom stereocenters. The van der Waals surface area contributed by atoms with Crippen LogP contribution in [0.3, 0.4) is 0 Å². The largest absolute Gasteiger partial charge is 0.228 e. The average molecular weight is 291 g/mol. The number of hydrogen-bond donors (Lipinski definition) is 0. The molecule has 2 heterocycles. The molecule has 0 atom stereocenters. The fraction of sp³-hybridized carbons (Fsp3) is 0.368. The second-order valence-corrected chi connectivity index (χ2v) is 6.32. The third-order valence-electron chi connectivity index (χ3n) is 4.79. The van der Waals surface area contributed by atoms with Crippen LogP contribution in [0.5, 0.6) is 0 Å². The van der Waals surface area contributed by atoms with Crippen LogP contribution in [-0.2, 0) is 0 Å². The fourth-order valence-electron chi connectivity index (χ4n) is 3.59. The number of fused-ring (bicyclic) bond motifs is 1. The molecule has 1 aliphatic carbocycles. The molecule has 0 spiro atoms. The molecule has 0 amide bonds. The first-order valence-corrected chi connectivity index (χ1v) is 8.23. The number of benzene rings is 1. The maximum absolute atomic E-state index is 4.94. The lowest BCUT2D eigenvalue weighted by Gasteiger charge is -2.20. The van der Waals surface area contributed by atoms with Gasteiger partial charge < -0.3 is 0 Å². The van der Waals surface area contributed by atoms with Crippen molar-refractivity contribution in [2.75, 3.05) is 0 Å². The van der Waals surface area contributed by atoms with Gasteiger partial charge >= 0.3 is 0 Å². The maximum atomic E-state index is 4.94. The number of aromatic nitrogens is 3. The minimum absolute atomic E-state index is 0.629. The molecule has 0 aliphatic heterocycles. The van der Waals surface area contributed by atoms with E-state index >= 15 is 0 Å². The zero-order valence-electron chi connectivity index (χ0n) is 13.0. The fourth-order valence-corrected chi connectivity index (χ4v) is 3.59. The molecule has 3 heteroatoms. The molecule has 22 heavy (non-hydrogen) atoms. The summed E-state index contributed by atoms with van der Waals surface area (Å²) < 4.78 is 2.00. The molecule has 1 aliphatic rings. The molecule has 0 radical (unpaired) electrons. The molecule has 3 aromatic rings. The van der Waals surface area contributed by atoms with Crippen molar-refractivity contribution in [2.24, 2.45) is 0 Å². The summed E-state index contributed by atoms with van der Waals surface area (Å²) in [7, 11) is 0. The van der Waals surface area contributed by atoms with Gasteiger partial charge in [0.2, 0.25) is 0 Å². The normalized spacial score (nSPS) is 16.2. The summed E-state index contributed by atoms with van der Waals surface area (Å²) in [4.78, 5) is 4.94. The second kappa shape index (κ2) is 5.56. The van der Waals surface area contributed by atoms with Crippen molar-refractivity contribution in [2.45, 2.75) is 44.9 Å². The van der Waals surface area contributed by atoms with E-state index in [0.29, 0.717) is 5.92 Å². The Hall–Kier alpha value is -2.16. The average Bonchev–Trinajstić information content (AvgIpc) is 3.01. The SMILES string of the molecule is Cc1cc(-c2ccccc2)nc2c(C3CCCCC3)cnn12. The van der Waals surface area contributed by atoms with Crippen LogP contribution in [0.4, 0.5) is 0 Å². The molecular formula is C19H21N3. The van der Waals surface area contributed by atoms with Crippen molar-refractivity contribution < 1.29 is 0 Å². The third kappa shape index (κ3) is 2.31.